The number of benzene rings is 2. The number of hydrogen-bond donors (Lipinski definition) is 1. The molecule has 0 aliphatic heterocycles. The van der Waals surface area contributed by atoms with Crippen molar-refractivity contribution in [2.45, 2.75) is 31.2 Å². The Balaban J connectivity index is 1.72. The Bertz CT molecular complexity index is 693. The van der Waals surface area contributed by atoms with Crippen LogP contribution in [0.15, 0.2) is 48.5 Å². The molecule has 0 bridgehead atoms. The topological polar surface area (TPSA) is 38.3 Å². The van der Waals surface area contributed by atoms with E-state index in [1.54, 1.807) is 7.11 Å². The van der Waals surface area contributed by atoms with E-state index >= 15 is 0 Å². The van der Waals surface area contributed by atoms with Crippen molar-refractivity contribution >= 4 is 17.5 Å². The van der Waals surface area contributed by atoms with Crippen molar-refractivity contribution < 1.29 is 9.53 Å². The molecule has 120 valence electrons. The molecule has 1 saturated carbocycles. The van der Waals surface area contributed by atoms with Crippen LogP contribution in [0, 0.1) is 0 Å². The Morgan fingerprint density at radius 1 is 1.22 bits per heavy atom. The number of carbonyl (C=O) groups excluding carboxylic acids is 1. The van der Waals surface area contributed by atoms with E-state index in [-0.39, 0.29) is 5.91 Å². The van der Waals surface area contributed by atoms with Crippen molar-refractivity contribution in [2.24, 2.45) is 0 Å². The van der Waals surface area contributed by atoms with Crippen molar-refractivity contribution in [1.82, 2.24) is 5.32 Å². The van der Waals surface area contributed by atoms with Gasteiger partial charge >= 0.3 is 0 Å². The molecule has 1 fully saturated rings. The lowest BCUT2D eigenvalue weighted by atomic mass is 9.64. The summed E-state index contributed by atoms with van der Waals surface area (Å²) < 4.78 is 5.22. The largest absolute Gasteiger partial charge is 0.497 e. The number of hydrogen-bond acceptors (Lipinski definition) is 2. The number of halogens is 1. The van der Waals surface area contributed by atoms with Crippen LogP contribution in [-0.4, -0.2) is 13.0 Å². The zero-order chi connectivity index (χ0) is 16.3. The van der Waals surface area contributed by atoms with E-state index in [2.05, 4.69) is 5.32 Å². The lowest BCUT2D eigenvalue weighted by Crippen LogP contribution is -2.48. The molecule has 0 aromatic heterocycles. The summed E-state index contributed by atoms with van der Waals surface area (Å²) in [4.78, 5) is 12.8. The van der Waals surface area contributed by atoms with Crippen LogP contribution in [0.2, 0.25) is 5.02 Å². The van der Waals surface area contributed by atoms with Crippen molar-refractivity contribution in [1.29, 1.82) is 0 Å². The van der Waals surface area contributed by atoms with E-state index in [0.29, 0.717) is 11.6 Å². The van der Waals surface area contributed by atoms with E-state index < -0.39 is 5.41 Å². The zero-order valence-corrected chi connectivity index (χ0v) is 13.9. The molecule has 0 saturated heterocycles. The van der Waals surface area contributed by atoms with Gasteiger partial charge in [0.05, 0.1) is 12.5 Å². The van der Waals surface area contributed by atoms with Gasteiger partial charge in [-0.05, 0) is 48.2 Å². The van der Waals surface area contributed by atoms with Crippen LogP contribution in [0.1, 0.15) is 30.4 Å². The van der Waals surface area contributed by atoms with Gasteiger partial charge in [-0.3, -0.25) is 4.79 Å². The Kier molecular flexibility index (Phi) is 4.58. The molecule has 4 heteroatoms. The summed E-state index contributed by atoms with van der Waals surface area (Å²) in [5.41, 5.74) is 1.68. The minimum atomic E-state index is -0.399. The molecule has 0 heterocycles. The van der Waals surface area contributed by atoms with Crippen molar-refractivity contribution in [2.75, 3.05) is 7.11 Å². The van der Waals surface area contributed by atoms with Crippen LogP contribution in [0.5, 0.6) is 5.75 Å². The molecule has 0 spiro atoms. The van der Waals surface area contributed by atoms with Gasteiger partial charge in [0.1, 0.15) is 5.75 Å². The second-order valence-electron chi connectivity index (χ2n) is 5.98. The third kappa shape index (κ3) is 3.20. The van der Waals surface area contributed by atoms with Crippen molar-refractivity contribution in [3.8, 4) is 5.75 Å². The number of ether oxygens (including phenoxy) is 1. The number of amides is 1. The molecule has 0 unspecified atom stereocenters. The van der Waals surface area contributed by atoms with Gasteiger partial charge in [-0.2, -0.15) is 0 Å². The zero-order valence-electron chi connectivity index (χ0n) is 13.1. The molecule has 0 atom stereocenters. The molecule has 2 aromatic rings. The first kappa shape index (κ1) is 15.9. The molecule has 1 aliphatic carbocycles. The summed E-state index contributed by atoms with van der Waals surface area (Å²) in [6, 6.07) is 15.4. The Morgan fingerprint density at radius 2 is 1.96 bits per heavy atom. The molecule has 23 heavy (non-hydrogen) atoms. The van der Waals surface area contributed by atoms with Gasteiger partial charge in [0.25, 0.3) is 0 Å². The van der Waals surface area contributed by atoms with Gasteiger partial charge in [0.2, 0.25) is 5.91 Å². The molecule has 1 N–H and O–H groups in total. The maximum Gasteiger partial charge on any atom is 0.230 e. The fourth-order valence-electron chi connectivity index (χ4n) is 3.08. The van der Waals surface area contributed by atoms with Gasteiger partial charge < -0.3 is 10.1 Å². The number of rotatable bonds is 5. The highest BCUT2D eigenvalue weighted by Gasteiger charge is 2.45. The van der Waals surface area contributed by atoms with E-state index in [1.807, 2.05) is 48.5 Å². The summed E-state index contributed by atoms with van der Waals surface area (Å²) in [5, 5.41) is 3.77. The SMILES string of the molecule is COc1cccc(CNC(=O)C2(c3ccc(Cl)cc3)CCC2)c1. The molecule has 3 nitrogen and oxygen atoms in total. The third-order valence-corrected chi connectivity index (χ3v) is 4.88. The highest BCUT2D eigenvalue weighted by molar-refractivity contribution is 6.30. The lowest BCUT2D eigenvalue weighted by molar-refractivity contribution is -0.130. The summed E-state index contributed by atoms with van der Waals surface area (Å²) >= 11 is 5.96. The van der Waals surface area contributed by atoms with Crippen LogP contribution in [0.25, 0.3) is 0 Å². The summed E-state index contributed by atoms with van der Waals surface area (Å²) in [6.07, 6.45) is 2.85. The van der Waals surface area contributed by atoms with Gasteiger partial charge in [0, 0.05) is 11.6 Å². The van der Waals surface area contributed by atoms with Gasteiger partial charge in [0.15, 0.2) is 0 Å². The molecule has 2 aromatic carbocycles. The predicted molar refractivity (Wildman–Crippen MR) is 91.8 cm³/mol. The summed E-state index contributed by atoms with van der Waals surface area (Å²) in [5.74, 6) is 0.890. The number of carbonyl (C=O) groups is 1. The van der Waals surface area contributed by atoms with Crippen molar-refractivity contribution in [3.05, 3.63) is 64.7 Å². The van der Waals surface area contributed by atoms with E-state index in [4.69, 9.17) is 16.3 Å². The van der Waals surface area contributed by atoms with Crippen molar-refractivity contribution in [3.63, 3.8) is 0 Å². The van der Waals surface area contributed by atoms with Crippen LogP contribution in [0.4, 0.5) is 0 Å². The Labute approximate surface area is 141 Å². The van der Waals surface area contributed by atoms with E-state index in [1.165, 1.54) is 0 Å². The molecule has 1 amide bonds. The highest BCUT2D eigenvalue weighted by Crippen LogP contribution is 2.44. The monoisotopic (exact) mass is 329 g/mol. The maximum atomic E-state index is 12.8. The average Bonchev–Trinajstić information content (AvgIpc) is 2.54. The van der Waals surface area contributed by atoms with E-state index in [9.17, 15) is 4.79 Å². The minimum Gasteiger partial charge on any atom is -0.497 e. The quantitative estimate of drug-likeness (QED) is 0.897. The fourth-order valence-corrected chi connectivity index (χ4v) is 3.21. The Hall–Kier alpha value is -2.00. The first-order valence-corrected chi connectivity index (χ1v) is 8.19. The molecule has 0 radical (unpaired) electrons. The number of nitrogens with one attached hydrogen (secondary N) is 1. The van der Waals surface area contributed by atoms with Gasteiger partial charge in [-0.15, -0.1) is 0 Å². The molecular formula is C19H20ClNO2. The Morgan fingerprint density at radius 3 is 2.57 bits per heavy atom. The number of methoxy groups -OCH3 is 1. The summed E-state index contributed by atoms with van der Waals surface area (Å²) in [6.45, 7) is 0.505. The smallest absolute Gasteiger partial charge is 0.230 e. The second-order valence-corrected chi connectivity index (χ2v) is 6.41. The van der Waals surface area contributed by atoms with Crippen LogP contribution in [-0.2, 0) is 16.8 Å². The standard InChI is InChI=1S/C19H20ClNO2/c1-23-17-5-2-4-14(12-17)13-21-18(22)19(10-3-11-19)15-6-8-16(20)9-7-15/h2,4-9,12H,3,10-11,13H2,1H3,(H,21,22). The molecule has 1 aliphatic rings. The minimum absolute atomic E-state index is 0.0916. The van der Waals surface area contributed by atoms with E-state index in [0.717, 1.165) is 36.1 Å². The molecular weight excluding hydrogens is 310 g/mol. The normalized spacial score (nSPS) is 15.6. The lowest BCUT2D eigenvalue weighted by Gasteiger charge is -2.40. The third-order valence-electron chi connectivity index (χ3n) is 4.63. The highest BCUT2D eigenvalue weighted by atomic mass is 35.5. The average molecular weight is 330 g/mol. The van der Waals surface area contributed by atoms with Crippen LogP contribution in [0.3, 0.4) is 0 Å². The second kappa shape index (κ2) is 6.63. The van der Waals surface area contributed by atoms with Crippen LogP contribution >= 0.6 is 11.6 Å². The summed E-state index contributed by atoms with van der Waals surface area (Å²) in [7, 11) is 1.64. The predicted octanol–water partition coefficient (Wildman–Crippen LogP) is 4.09. The van der Waals surface area contributed by atoms with Crippen LogP contribution < -0.4 is 10.1 Å². The maximum absolute atomic E-state index is 12.8. The van der Waals surface area contributed by atoms with Gasteiger partial charge in [-0.25, -0.2) is 0 Å². The molecule has 3 rings (SSSR count). The van der Waals surface area contributed by atoms with Gasteiger partial charge in [-0.1, -0.05) is 42.3 Å². The first-order chi connectivity index (χ1) is 11.1. The fraction of sp³-hybridized carbons (Fsp3) is 0.316. The first-order valence-electron chi connectivity index (χ1n) is 7.81.